The van der Waals surface area contributed by atoms with Crippen LogP contribution < -0.4 is 0 Å². The number of piperidine rings is 1. The second-order valence-electron chi connectivity index (χ2n) is 6.69. The van der Waals surface area contributed by atoms with Crippen LogP contribution in [0.1, 0.15) is 18.7 Å². The van der Waals surface area contributed by atoms with Crippen molar-refractivity contribution in [3.8, 4) is 0 Å². The number of fused-ring (bicyclic) bond motifs is 1. The summed E-state index contributed by atoms with van der Waals surface area (Å²) in [7, 11) is 0. The third-order valence-electron chi connectivity index (χ3n) is 4.94. The van der Waals surface area contributed by atoms with Gasteiger partial charge in [-0.3, -0.25) is 4.79 Å². The van der Waals surface area contributed by atoms with Gasteiger partial charge in [0, 0.05) is 32.0 Å². The number of likely N-dealkylation sites (tertiary alicyclic amines) is 1. The second kappa shape index (κ2) is 7.53. The highest BCUT2D eigenvalue weighted by molar-refractivity contribution is 7.99. The Morgan fingerprint density at radius 3 is 2.85 bits per heavy atom. The smallest absolute Gasteiger partial charge is 0.257 e. The van der Waals surface area contributed by atoms with E-state index in [-0.39, 0.29) is 5.91 Å². The lowest BCUT2D eigenvalue weighted by molar-refractivity contribution is -0.129. The molecule has 0 unspecified atom stereocenters. The van der Waals surface area contributed by atoms with Gasteiger partial charge in [0.1, 0.15) is 11.3 Å². The summed E-state index contributed by atoms with van der Waals surface area (Å²) in [6, 6.07) is 7.65. The van der Waals surface area contributed by atoms with E-state index in [1.165, 1.54) is 11.8 Å². The van der Waals surface area contributed by atoms with Crippen LogP contribution in [0.2, 0.25) is 0 Å². The van der Waals surface area contributed by atoms with Crippen molar-refractivity contribution in [3.05, 3.63) is 42.5 Å². The highest BCUT2D eigenvalue weighted by atomic mass is 32.2. The lowest BCUT2D eigenvalue weighted by Crippen LogP contribution is -2.40. The molecule has 7 heteroatoms. The third kappa shape index (κ3) is 3.77. The van der Waals surface area contributed by atoms with Gasteiger partial charge in [-0.1, -0.05) is 23.9 Å². The number of nitrogens with zero attached hydrogens (tertiary/aromatic N) is 4. The minimum atomic E-state index is 0.162. The van der Waals surface area contributed by atoms with Gasteiger partial charge in [-0.25, -0.2) is 9.97 Å². The zero-order valence-corrected chi connectivity index (χ0v) is 15.6. The Labute approximate surface area is 156 Å². The van der Waals surface area contributed by atoms with Crippen LogP contribution in [0.4, 0.5) is 0 Å². The zero-order chi connectivity index (χ0) is 17.9. The SMILES string of the molecule is Cc1nccn1CC1CCN(C(=O)CSc2nc3ccccc3o2)CC1. The van der Waals surface area contributed by atoms with Gasteiger partial charge in [0.25, 0.3) is 5.22 Å². The van der Waals surface area contributed by atoms with Crippen LogP contribution >= 0.6 is 11.8 Å². The summed E-state index contributed by atoms with van der Waals surface area (Å²) in [4.78, 5) is 23.1. The van der Waals surface area contributed by atoms with Crippen molar-refractivity contribution >= 4 is 28.8 Å². The fourth-order valence-corrected chi connectivity index (χ4v) is 4.11. The Morgan fingerprint density at radius 1 is 1.31 bits per heavy atom. The first-order valence-electron chi connectivity index (χ1n) is 8.93. The van der Waals surface area contributed by atoms with E-state index >= 15 is 0 Å². The molecule has 0 aliphatic carbocycles. The van der Waals surface area contributed by atoms with E-state index in [1.54, 1.807) is 0 Å². The van der Waals surface area contributed by atoms with Crippen LogP contribution in [0.15, 0.2) is 46.3 Å². The minimum absolute atomic E-state index is 0.162. The Kier molecular flexibility index (Phi) is 4.97. The van der Waals surface area contributed by atoms with Crippen LogP contribution in [-0.2, 0) is 11.3 Å². The summed E-state index contributed by atoms with van der Waals surface area (Å²) < 4.78 is 7.86. The van der Waals surface area contributed by atoms with Crippen molar-refractivity contribution in [2.24, 2.45) is 5.92 Å². The van der Waals surface area contributed by atoms with E-state index in [0.29, 0.717) is 16.9 Å². The third-order valence-corrected chi connectivity index (χ3v) is 5.75. The number of rotatable bonds is 5. The van der Waals surface area contributed by atoms with Crippen molar-refractivity contribution in [1.82, 2.24) is 19.4 Å². The molecule has 1 saturated heterocycles. The average Bonchev–Trinajstić information content (AvgIpc) is 3.26. The van der Waals surface area contributed by atoms with E-state index in [4.69, 9.17) is 4.42 Å². The normalized spacial score (nSPS) is 15.7. The summed E-state index contributed by atoms with van der Waals surface area (Å²) >= 11 is 1.37. The number of amides is 1. The fourth-order valence-electron chi connectivity index (χ4n) is 3.37. The Hall–Kier alpha value is -2.28. The molecule has 3 heterocycles. The van der Waals surface area contributed by atoms with E-state index in [2.05, 4.69) is 14.5 Å². The Bertz CT molecular complexity index is 863. The number of oxazole rings is 1. The average molecular weight is 370 g/mol. The molecule has 1 amide bonds. The molecule has 1 aliphatic rings. The van der Waals surface area contributed by atoms with Crippen molar-refractivity contribution in [2.75, 3.05) is 18.8 Å². The van der Waals surface area contributed by atoms with Gasteiger partial charge >= 0.3 is 0 Å². The van der Waals surface area contributed by atoms with Crippen molar-refractivity contribution in [2.45, 2.75) is 31.5 Å². The maximum Gasteiger partial charge on any atom is 0.257 e. The lowest BCUT2D eigenvalue weighted by atomic mass is 9.96. The molecule has 1 aromatic carbocycles. The van der Waals surface area contributed by atoms with Gasteiger partial charge in [-0.15, -0.1) is 0 Å². The molecule has 1 aliphatic heterocycles. The number of thioether (sulfide) groups is 1. The first-order chi connectivity index (χ1) is 12.7. The molecule has 0 saturated carbocycles. The van der Waals surface area contributed by atoms with Gasteiger partial charge in [0.15, 0.2) is 5.58 Å². The summed E-state index contributed by atoms with van der Waals surface area (Å²) in [6.45, 7) is 4.67. The highest BCUT2D eigenvalue weighted by Gasteiger charge is 2.23. The number of carbonyl (C=O) groups is 1. The van der Waals surface area contributed by atoms with Gasteiger partial charge in [0.2, 0.25) is 5.91 Å². The summed E-state index contributed by atoms with van der Waals surface area (Å²) in [5, 5.41) is 0.560. The summed E-state index contributed by atoms with van der Waals surface area (Å²) in [5.41, 5.74) is 1.59. The standard InChI is InChI=1S/C19H22N4O2S/c1-14-20-8-11-23(14)12-15-6-9-22(10-7-15)18(24)13-26-19-21-16-4-2-3-5-17(16)25-19/h2-5,8,11,15H,6-7,9-10,12-13H2,1H3. The highest BCUT2D eigenvalue weighted by Crippen LogP contribution is 2.25. The predicted molar refractivity (Wildman–Crippen MR) is 101 cm³/mol. The molecule has 26 heavy (non-hydrogen) atoms. The van der Waals surface area contributed by atoms with Gasteiger partial charge in [-0.2, -0.15) is 0 Å². The number of benzene rings is 1. The molecule has 0 bridgehead atoms. The first-order valence-corrected chi connectivity index (χ1v) is 9.91. The first kappa shape index (κ1) is 17.1. The molecule has 2 aromatic heterocycles. The van der Waals surface area contributed by atoms with Gasteiger partial charge in [0.05, 0.1) is 5.75 Å². The number of imidazole rings is 1. The van der Waals surface area contributed by atoms with Crippen LogP contribution in [-0.4, -0.2) is 44.2 Å². The number of hydrogen-bond acceptors (Lipinski definition) is 5. The number of aromatic nitrogens is 3. The molecule has 4 rings (SSSR count). The van der Waals surface area contributed by atoms with Crippen LogP contribution in [0, 0.1) is 12.8 Å². The number of carbonyl (C=O) groups excluding carboxylic acids is 1. The van der Waals surface area contributed by atoms with Crippen LogP contribution in [0.3, 0.4) is 0 Å². The molecule has 0 N–H and O–H groups in total. The molecule has 0 radical (unpaired) electrons. The van der Waals surface area contributed by atoms with E-state index < -0.39 is 0 Å². The Morgan fingerprint density at radius 2 is 2.12 bits per heavy atom. The zero-order valence-electron chi connectivity index (χ0n) is 14.8. The summed E-state index contributed by atoms with van der Waals surface area (Å²) in [6.07, 6.45) is 5.95. The van der Waals surface area contributed by atoms with Crippen molar-refractivity contribution in [3.63, 3.8) is 0 Å². The van der Waals surface area contributed by atoms with E-state index in [0.717, 1.165) is 49.4 Å². The van der Waals surface area contributed by atoms with E-state index in [1.807, 2.05) is 48.5 Å². The largest absolute Gasteiger partial charge is 0.431 e. The molecule has 3 aromatic rings. The molecule has 0 atom stereocenters. The second-order valence-corrected chi connectivity index (χ2v) is 7.61. The molecule has 0 spiro atoms. The van der Waals surface area contributed by atoms with E-state index in [9.17, 15) is 4.79 Å². The van der Waals surface area contributed by atoms with Gasteiger partial charge < -0.3 is 13.9 Å². The number of para-hydroxylation sites is 2. The maximum absolute atomic E-state index is 12.5. The molecular weight excluding hydrogens is 348 g/mol. The topological polar surface area (TPSA) is 64.2 Å². The molecule has 136 valence electrons. The Balaban J connectivity index is 1.26. The maximum atomic E-state index is 12.5. The predicted octanol–water partition coefficient (Wildman–Crippen LogP) is 3.36. The van der Waals surface area contributed by atoms with Crippen molar-refractivity contribution in [1.29, 1.82) is 0 Å². The van der Waals surface area contributed by atoms with Crippen molar-refractivity contribution < 1.29 is 9.21 Å². The number of aryl methyl sites for hydroxylation is 1. The molecular formula is C19H22N4O2S. The molecule has 1 fully saturated rings. The fraction of sp³-hybridized carbons (Fsp3) is 0.421. The minimum Gasteiger partial charge on any atom is -0.431 e. The number of hydrogen-bond donors (Lipinski definition) is 0. The van der Waals surface area contributed by atoms with Crippen LogP contribution in [0.25, 0.3) is 11.1 Å². The quantitative estimate of drug-likeness (QED) is 0.645. The molecule has 6 nitrogen and oxygen atoms in total. The lowest BCUT2D eigenvalue weighted by Gasteiger charge is -2.32. The van der Waals surface area contributed by atoms with Gasteiger partial charge in [-0.05, 0) is 37.8 Å². The monoisotopic (exact) mass is 370 g/mol. The van der Waals surface area contributed by atoms with Crippen LogP contribution in [0.5, 0.6) is 0 Å². The summed E-state index contributed by atoms with van der Waals surface area (Å²) in [5.74, 6) is 2.20.